The Labute approximate surface area is 122 Å². The van der Waals surface area contributed by atoms with Crippen LogP contribution in [0.4, 0.5) is 5.69 Å². The number of hydrogen-bond donors (Lipinski definition) is 1. The van der Waals surface area contributed by atoms with Crippen molar-refractivity contribution in [2.45, 2.75) is 11.8 Å². The summed E-state index contributed by atoms with van der Waals surface area (Å²) in [6, 6.07) is 4.26. The van der Waals surface area contributed by atoms with E-state index in [1.54, 1.807) is 0 Å². The summed E-state index contributed by atoms with van der Waals surface area (Å²) in [7, 11) is -3.59. The lowest BCUT2D eigenvalue weighted by Crippen LogP contribution is -2.40. The highest BCUT2D eigenvalue weighted by Gasteiger charge is 2.26. The summed E-state index contributed by atoms with van der Waals surface area (Å²) in [5.74, 6) is -0.312. The number of morpholine rings is 1. The number of hydrogen-bond acceptors (Lipinski definition) is 4. The van der Waals surface area contributed by atoms with Gasteiger partial charge in [-0.25, -0.2) is 8.42 Å². The lowest BCUT2D eigenvalue weighted by Gasteiger charge is -2.26. The number of sulfonamides is 1. The lowest BCUT2D eigenvalue weighted by atomic mass is 10.3. The minimum absolute atomic E-state index is 0.104. The Balaban J connectivity index is 2.33. The van der Waals surface area contributed by atoms with Crippen molar-refractivity contribution in [1.82, 2.24) is 4.31 Å². The van der Waals surface area contributed by atoms with Gasteiger partial charge >= 0.3 is 0 Å². The molecule has 20 heavy (non-hydrogen) atoms. The molecule has 0 radical (unpaired) electrons. The van der Waals surface area contributed by atoms with E-state index in [-0.39, 0.29) is 16.5 Å². The summed E-state index contributed by atoms with van der Waals surface area (Å²) in [6.07, 6.45) is 0. The van der Waals surface area contributed by atoms with Gasteiger partial charge in [0.25, 0.3) is 0 Å². The van der Waals surface area contributed by atoms with Gasteiger partial charge in [-0.2, -0.15) is 4.31 Å². The summed E-state index contributed by atoms with van der Waals surface area (Å²) in [5, 5.41) is 2.80. The molecule has 1 fully saturated rings. The van der Waals surface area contributed by atoms with E-state index in [1.807, 2.05) is 0 Å². The Kier molecular flexibility index (Phi) is 4.64. The molecule has 1 saturated heterocycles. The summed E-state index contributed by atoms with van der Waals surface area (Å²) in [6.45, 7) is 2.73. The van der Waals surface area contributed by atoms with Crippen LogP contribution in [0.5, 0.6) is 0 Å². The van der Waals surface area contributed by atoms with Crippen LogP contribution in [0.1, 0.15) is 6.92 Å². The smallest absolute Gasteiger partial charge is 0.243 e. The summed E-state index contributed by atoms with van der Waals surface area (Å²) in [5.41, 5.74) is 0.286. The molecule has 1 aliphatic heterocycles. The Morgan fingerprint density at radius 3 is 2.60 bits per heavy atom. The van der Waals surface area contributed by atoms with Crippen LogP contribution >= 0.6 is 11.6 Å². The van der Waals surface area contributed by atoms with E-state index < -0.39 is 10.0 Å². The molecule has 110 valence electrons. The van der Waals surface area contributed by atoms with Gasteiger partial charge in [0.05, 0.1) is 28.8 Å². The van der Waals surface area contributed by atoms with Gasteiger partial charge in [0.2, 0.25) is 15.9 Å². The zero-order valence-electron chi connectivity index (χ0n) is 10.9. The maximum atomic E-state index is 12.5. The Morgan fingerprint density at radius 1 is 1.35 bits per heavy atom. The van der Waals surface area contributed by atoms with Crippen molar-refractivity contribution in [3.05, 3.63) is 23.2 Å². The van der Waals surface area contributed by atoms with E-state index in [4.69, 9.17) is 16.3 Å². The molecular formula is C12H15ClN2O4S. The number of halogens is 1. The molecule has 0 aromatic heterocycles. The molecule has 0 unspecified atom stereocenters. The van der Waals surface area contributed by atoms with Crippen molar-refractivity contribution in [1.29, 1.82) is 0 Å². The molecule has 1 amide bonds. The fourth-order valence-electron chi connectivity index (χ4n) is 1.89. The molecule has 2 rings (SSSR count). The first-order chi connectivity index (χ1) is 9.41. The average Bonchev–Trinajstić information content (AvgIpc) is 2.41. The van der Waals surface area contributed by atoms with Crippen molar-refractivity contribution < 1.29 is 17.9 Å². The van der Waals surface area contributed by atoms with E-state index >= 15 is 0 Å². The van der Waals surface area contributed by atoms with E-state index in [9.17, 15) is 13.2 Å². The third-order valence-electron chi connectivity index (χ3n) is 2.86. The standard InChI is InChI=1S/C12H15ClN2O4S/c1-9(16)14-12-8-10(2-3-11(12)13)20(17,18)15-4-6-19-7-5-15/h2-3,8H,4-7H2,1H3,(H,14,16). The minimum atomic E-state index is -3.59. The van der Waals surface area contributed by atoms with Crippen molar-refractivity contribution in [3.63, 3.8) is 0 Å². The van der Waals surface area contributed by atoms with E-state index in [0.717, 1.165) is 0 Å². The highest BCUT2D eigenvalue weighted by Crippen LogP contribution is 2.27. The van der Waals surface area contributed by atoms with Crippen LogP contribution in [0.15, 0.2) is 23.1 Å². The number of nitrogens with one attached hydrogen (secondary N) is 1. The molecule has 0 atom stereocenters. The van der Waals surface area contributed by atoms with Gasteiger partial charge in [0.15, 0.2) is 0 Å². The Bertz CT molecular complexity index is 612. The van der Waals surface area contributed by atoms with Gasteiger partial charge in [-0.1, -0.05) is 11.6 Å². The zero-order valence-corrected chi connectivity index (χ0v) is 12.5. The van der Waals surface area contributed by atoms with Crippen LogP contribution in [0, 0.1) is 0 Å². The fourth-order valence-corrected chi connectivity index (χ4v) is 3.49. The molecule has 1 aliphatic rings. The maximum absolute atomic E-state index is 12.5. The molecule has 0 aliphatic carbocycles. The average molecular weight is 319 g/mol. The number of nitrogens with zero attached hydrogens (tertiary/aromatic N) is 1. The first-order valence-electron chi connectivity index (χ1n) is 6.06. The normalized spacial score (nSPS) is 16.9. The Morgan fingerprint density at radius 2 is 2.00 bits per heavy atom. The lowest BCUT2D eigenvalue weighted by molar-refractivity contribution is -0.114. The number of benzene rings is 1. The zero-order chi connectivity index (χ0) is 14.8. The summed E-state index contributed by atoms with van der Waals surface area (Å²) in [4.78, 5) is 11.2. The number of amides is 1. The fraction of sp³-hybridized carbons (Fsp3) is 0.417. The third kappa shape index (κ3) is 3.29. The van der Waals surface area contributed by atoms with Gasteiger partial charge < -0.3 is 10.1 Å². The highest BCUT2D eigenvalue weighted by atomic mass is 35.5. The molecule has 8 heteroatoms. The van der Waals surface area contributed by atoms with Crippen molar-refractivity contribution in [3.8, 4) is 0 Å². The summed E-state index contributed by atoms with van der Waals surface area (Å²) < 4.78 is 31.4. The quantitative estimate of drug-likeness (QED) is 0.912. The van der Waals surface area contributed by atoms with Gasteiger partial charge in [0.1, 0.15) is 0 Å². The number of ether oxygens (including phenoxy) is 1. The van der Waals surface area contributed by atoms with Crippen LogP contribution in [-0.4, -0.2) is 44.9 Å². The van der Waals surface area contributed by atoms with Gasteiger partial charge in [0, 0.05) is 20.0 Å². The van der Waals surface area contributed by atoms with E-state index in [1.165, 1.54) is 29.4 Å². The number of carbonyl (C=O) groups excluding carboxylic acids is 1. The molecule has 1 heterocycles. The van der Waals surface area contributed by atoms with E-state index in [0.29, 0.717) is 31.3 Å². The largest absolute Gasteiger partial charge is 0.379 e. The Hall–Kier alpha value is -1.15. The van der Waals surface area contributed by atoms with E-state index in [2.05, 4.69) is 5.32 Å². The second kappa shape index (κ2) is 6.09. The van der Waals surface area contributed by atoms with Gasteiger partial charge in [-0.15, -0.1) is 0 Å². The van der Waals surface area contributed by atoms with Crippen molar-refractivity contribution in [2.24, 2.45) is 0 Å². The third-order valence-corrected chi connectivity index (χ3v) is 5.08. The topological polar surface area (TPSA) is 75.7 Å². The molecule has 0 bridgehead atoms. The molecule has 1 aromatic rings. The highest BCUT2D eigenvalue weighted by molar-refractivity contribution is 7.89. The molecule has 6 nitrogen and oxygen atoms in total. The molecule has 0 spiro atoms. The minimum Gasteiger partial charge on any atom is -0.379 e. The van der Waals surface area contributed by atoms with Crippen molar-refractivity contribution in [2.75, 3.05) is 31.6 Å². The summed E-state index contributed by atoms with van der Waals surface area (Å²) >= 11 is 5.93. The van der Waals surface area contributed by atoms with Crippen LogP contribution < -0.4 is 5.32 Å². The number of anilines is 1. The molecule has 1 N–H and O–H groups in total. The predicted octanol–water partition coefficient (Wildman–Crippen LogP) is 1.32. The predicted molar refractivity (Wildman–Crippen MR) is 75.3 cm³/mol. The second-order valence-corrected chi connectivity index (χ2v) is 6.68. The maximum Gasteiger partial charge on any atom is 0.243 e. The first kappa shape index (κ1) is 15.2. The van der Waals surface area contributed by atoms with Crippen LogP contribution in [0.3, 0.4) is 0 Å². The van der Waals surface area contributed by atoms with Gasteiger partial charge in [-0.05, 0) is 18.2 Å². The molecule has 0 saturated carbocycles. The SMILES string of the molecule is CC(=O)Nc1cc(S(=O)(=O)N2CCOCC2)ccc1Cl. The van der Waals surface area contributed by atoms with Crippen molar-refractivity contribution >= 4 is 33.2 Å². The monoisotopic (exact) mass is 318 g/mol. The van der Waals surface area contributed by atoms with Crippen LogP contribution in [-0.2, 0) is 19.6 Å². The molecule has 1 aromatic carbocycles. The number of rotatable bonds is 3. The van der Waals surface area contributed by atoms with Crippen LogP contribution in [0.2, 0.25) is 5.02 Å². The van der Waals surface area contributed by atoms with Crippen LogP contribution in [0.25, 0.3) is 0 Å². The number of carbonyl (C=O) groups is 1. The molecular weight excluding hydrogens is 304 g/mol. The van der Waals surface area contributed by atoms with Gasteiger partial charge in [-0.3, -0.25) is 4.79 Å². The second-order valence-electron chi connectivity index (χ2n) is 4.34. The first-order valence-corrected chi connectivity index (χ1v) is 7.88.